The highest BCUT2D eigenvalue weighted by Gasteiger charge is 2.23. The van der Waals surface area contributed by atoms with Crippen LogP contribution in [0.5, 0.6) is 17.2 Å². The van der Waals surface area contributed by atoms with Gasteiger partial charge >= 0.3 is 0 Å². The zero-order valence-electron chi connectivity index (χ0n) is 21.1. The Morgan fingerprint density at radius 3 is 2.63 bits per heavy atom. The number of nitrogens with zero attached hydrogens (tertiary/aromatic N) is 5. The summed E-state index contributed by atoms with van der Waals surface area (Å²) in [6.07, 6.45) is 4.92. The van der Waals surface area contributed by atoms with Gasteiger partial charge in [0.1, 0.15) is 12.1 Å². The van der Waals surface area contributed by atoms with E-state index in [0.717, 1.165) is 70.0 Å². The minimum atomic E-state index is 0.236. The van der Waals surface area contributed by atoms with Crippen molar-refractivity contribution in [2.45, 2.75) is 42.4 Å². The molecule has 0 unspecified atom stereocenters. The van der Waals surface area contributed by atoms with E-state index >= 15 is 0 Å². The number of ether oxygens (including phenoxy) is 3. The second-order valence-corrected chi connectivity index (χ2v) is 11.4. The highest BCUT2D eigenvalue weighted by molar-refractivity contribution is 9.10. The first-order valence-corrected chi connectivity index (χ1v) is 14.3. The van der Waals surface area contributed by atoms with Crippen LogP contribution in [0.1, 0.15) is 24.8 Å². The van der Waals surface area contributed by atoms with E-state index < -0.39 is 0 Å². The topological polar surface area (TPSA) is 101 Å². The molecule has 1 saturated heterocycles. The lowest BCUT2D eigenvalue weighted by molar-refractivity contribution is 0.169. The van der Waals surface area contributed by atoms with Crippen LogP contribution in [-0.4, -0.2) is 51.4 Å². The van der Waals surface area contributed by atoms with E-state index in [0.29, 0.717) is 17.3 Å². The summed E-state index contributed by atoms with van der Waals surface area (Å²) >= 11 is 5.23. The van der Waals surface area contributed by atoms with E-state index in [9.17, 15) is 0 Å². The molecule has 4 aromatic rings. The number of fused-ring (bicyclic) bond motifs is 2. The Morgan fingerprint density at radius 1 is 1.11 bits per heavy atom. The summed E-state index contributed by atoms with van der Waals surface area (Å²) in [6, 6.07) is 12.3. The molecule has 0 amide bonds. The van der Waals surface area contributed by atoms with E-state index in [1.165, 1.54) is 24.7 Å². The van der Waals surface area contributed by atoms with E-state index in [-0.39, 0.29) is 6.79 Å². The van der Waals surface area contributed by atoms with Gasteiger partial charge in [0.2, 0.25) is 6.79 Å². The Balaban J connectivity index is 1.14. The molecule has 2 aromatic heterocycles. The molecule has 2 N–H and O–H groups in total. The van der Waals surface area contributed by atoms with Crippen molar-refractivity contribution in [3.63, 3.8) is 0 Å². The van der Waals surface area contributed by atoms with Crippen LogP contribution < -0.4 is 19.9 Å². The molecule has 2 aromatic carbocycles. The lowest BCUT2D eigenvalue weighted by atomic mass is 9.93. The van der Waals surface area contributed by atoms with Crippen LogP contribution >= 0.6 is 27.7 Å². The minimum absolute atomic E-state index is 0.236. The third-order valence-electron chi connectivity index (χ3n) is 7.19. The van der Waals surface area contributed by atoms with E-state index in [2.05, 4.69) is 47.5 Å². The van der Waals surface area contributed by atoms with E-state index in [1.54, 1.807) is 18.9 Å². The van der Waals surface area contributed by atoms with Crippen LogP contribution in [-0.2, 0) is 13.1 Å². The minimum Gasteiger partial charge on any atom is -0.497 e. The number of halogens is 1. The summed E-state index contributed by atoms with van der Waals surface area (Å²) in [5, 5.41) is 0.837. The van der Waals surface area contributed by atoms with Crippen LogP contribution in [0.2, 0.25) is 0 Å². The lowest BCUT2D eigenvalue weighted by Gasteiger charge is -2.32. The first kappa shape index (κ1) is 25.3. The quantitative estimate of drug-likeness (QED) is 0.288. The van der Waals surface area contributed by atoms with Crippen LogP contribution in [0.4, 0.5) is 5.82 Å². The standard InChI is InChI=1S/C27H29BrN6O3S/c1-35-19-4-2-18(3-5-19)14-33-9-6-17(7-10-33)8-11-34-26-24(25(29)30-15-31-26)32-27(34)38-23-13-22-21(12-20(23)28)36-16-37-22/h2-5,12-13,15,17H,6-11,14,16H2,1H3,(H2,29,30,31). The van der Waals surface area contributed by atoms with Crippen molar-refractivity contribution in [1.29, 1.82) is 0 Å². The number of methoxy groups -OCH3 is 1. The molecule has 0 atom stereocenters. The van der Waals surface area contributed by atoms with Gasteiger partial charge in [0, 0.05) is 22.5 Å². The van der Waals surface area contributed by atoms with Crippen molar-refractivity contribution >= 4 is 44.7 Å². The molecule has 38 heavy (non-hydrogen) atoms. The van der Waals surface area contributed by atoms with Crippen LogP contribution in [0, 0.1) is 5.92 Å². The maximum Gasteiger partial charge on any atom is 0.231 e. The number of piperidine rings is 1. The summed E-state index contributed by atoms with van der Waals surface area (Å²) in [5.74, 6) is 3.42. The summed E-state index contributed by atoms with van der Waals surface area (Å²) in [7, 11) is 1.70. The lowest BCUT2D eigenvalue weighted by Crippen LogP contribution is -2.33. The van der Waals surface area contributed by atoms with Gasteiger partial charge in [-0.15, -0.1) is 0 Å². The van der Waals surface area contributed by atoms with Crippen LogP contribution in [0.25, 0.3) is 11.2 Å². The maximum atomic E-state index is 6.17. The van der Waals surface area contributed by atoms with Crippen molar-refractivity contribution in [2.24, 2.45) is 5.92 Å². The number of nitrogen functional groups attached to an aromatic ring is 1. The molecule has 0 radical (unpaired) electrons. The van der Waals surface area contributed by atoms with Crippen molar-refractivity contribution in [3.8, 4) is 17.2 Å². The number of aromatic nitrogens is 4. The molecular formula is C27H29BrN6O3S. The molecule has 9 nitrogen and oxygen atoms in total. The molecule has 1 fully saturated rings. The van der Waals surface area contributed by atoms with E-state index in [1.807, 2.05) is 24.3 Å². The molecule has 4 heterocycles. The highest BCUT2D eigenvalue weighted by Crippen LogP contribution is 2.43. The normalized spacial score (nSPS) is 15.8. The number of nitrogens with two attached hydrogens (primary N) is 1. The highest BCUT2D eigenvalue weighted by atomic mass is 79.9. The Morgan fingerprint density at radius 2 is 1.87 bits per heavy atom. The number of rotatable bonds is 8. The largest absolute Gasteiger partial charge is 0.497 e. The van der Waals surface area contributed by atoms with Gasteiger partial charge in [-0.1, -0.05) is 23.9 Å². The molecule has 0 saturated carbocycles. The average molecular weight is 598 g/mol. The molecule has 0 spiro atoms. The molecule has 6 rings (SSSR count). The molecule has 2 aliphatic rings. The number of anilines is 1. The summed E-state index contributed by atoms with van der Waals surface area (Å²) in [4.78, 5) is 17.1. The van der Waals surface area contributed by atoms with Gasteiger partial charge in [0.05, 0.1) is 7.11 Å². The van der Waals surface area contributed by atoms with Gasteiger partial charge in [-0.25, -0.2) is 15.0 Å². The van der Waals surface area contributed by atoms with Gasteiger partial charge in [0.25, 0.3) is 0 Å². The number of likely N-dealkylation sites (tertiary alicyclic amines) is 1. The van der Waals surface area contributed by atoms with Crippen molar-refractivity contribution in [1.82, 2.24) is 24.4 Å². The fraction of sp³-hybridized carbons (Fsp3) is 0.370. The second kappa shape index (κ2) is 11.0. The number of hydrogen-bond acceptors (Lipinski definition) is 9. The first-order chi connectivity index (χ1) is 18.6. The monoisotopic (exact) mass is 596 g/mol. The molecule has 11 heteroatoms. The number of benzene rings is 2. The predicted octanol–water partition coefficient (Wildman–Crippen LogP) is 5.36. The molecule has 198 valence electrons. The molecule has 0 aliphatic carbocycles. The van der Waals surface area contributed by atoms with Gasteiger partial charge in [-0.05, 0) is 84.0 Å². The third-order valence-corrected chi connectivity index (χ3v) is 9.16. The summed E-state index contributed by atoms with van der Waals surface area (Å²) < 4.78 is 19.5. The maximum absolute atomic E-state index is 6.17. The fourth-order valence-corrected chi connectivity index (χ4v) is 6.53. The van der Waals surface area contributed by atoms with Crippen molar-refractivity contribution in [3.05, 3.63) is 52.8 Å². The molecule has 2 aliphatic heterocycles. The first-order valence-electron chi connectivity index (χ1n) is 12.7. The van der Waals surface area contributed by atoms with Gasteiger partial charge in [-0.2, -0.15) is 0 Å². The smallest absolute Gasteiger partial charge is 0.231 e. The Kier molecular flexibility index (Phi) is 7.31. The van der Waals surface area contributed by atoms with Gasteiger partial charge in [0.15, 0.2) is 33.6 Å². The summed E-state index contributed by atoms with van der Waals surface area (Å²) in [6.45, 7) is 4.23. The summed E-state index contributed by atoms with van der Waals surface area (Å²) in [5.41, 5.74) is 8.91. The van der Waals surface area contributed by atoms with Crippen LogP contribution in [0.3, 0.4) is 0 Å². The number of hydrogen-bond donors (Lipinski definition) is 1. The SMILES string of the molecule is COc1ccc(CN2CCC(CCn3c(Sc4cc5c(cc4Br)OCO5)nc4c(N)ncnc43)CC2)cc1. The Hall–Kier alpha value is -3.02. The second-order valence-electron chi connectivity index (χ2n) is 9.57. The number of imidazole rings is 1. The average Bonchev–Trinajstić information content (AvgIpc) is 3.53. The van der Waals surface area contributed by atoms with Gasteiger partial charge < -0.3 is 24.5 Å². The van der Waals surface area contributed by atoms with Gasteiger partial charge in [-0.3, -0.25) is 4.90 Å². The zero-order valence-corrected chi connectivity index (χ0v) is 23.5. The van der Waals surface area contributed by atoms with Crippen molar-refractivity contribution < 1.29 is 14.2 Å². The fourth-order valence-electron chi connectivity index (χ4n) is 5.02. The predicted molar refractivity (Wildman–Crippen MR) is 150 cm³/mol. The van der Waals surface area contributed by atoms with E-state index in [4.69, 9.17) is 24.9 Å². The van der Waals surface area contributed by atoms with Crippen molar-refractivity contribution in [2.75, 3.05) is 32.7 Å². The third kappa shape index (κ3) is 5.27. The Labute approximate surface area is 233 Å². The van der Waals surface area contributed by atoms with Crippen LogP contribution in [0.15, 0.2) is 57.3 Å². The molecule has 0 bridgehead atoms. The zero-order chi connectivity index (χ0) is 26.1. The molecular weight excluding hydrogens is 568 g/mol. The Bertz CT molecular complexity index is 1440. The number of aryl methyl sites for hydroxylation is 1.